The van der Waals surface area contributed by atoms with Gasteiger partial charge in [0.05, 0.1) is 5.92 Å². The van der Waals surface area contributed by atoms with Crippen molar-refractivity contribution in [2.45, 2.75) is 25.2 Å². The van der Waals surface area contributed by atoms with Gasteiger partial charge in [0.15, 0.2) is 0 Å². The van der Waals surface area contributed by atoms with Gasteiger partial charge in [-0.25, -0.2) is 0 Å². The molecular weight excluding hydrogens is 192 g/mol. The number of aromatic nitrogens is 2. The van der Waals surface area contributed by atoms with E-state index in [0.29, 0.717) is 5.92 Å². The molecule has 1 aromatic rings. The van der Waals surface area contributed by atoms with Gasteiger partial charge >= 0.3 is 0 Å². The van der Waals surface area contributed by atoms with Crippen molar-refractivity contribution in [1.82, 2.24) is 15.5 Å². The number of nitrogens with zero attached hydrogens (tertiary/aromatic N) is 3. The van der Waals surface area contributed by atoms with Crippen LogP contribution in [0.15, 0.2) is 4.52 Å². The van der Waals surface area contributed by atoms with E-state index in [-0.39, 0.29) is 0 Å². The zero-order chi connectivity index (χ0) is 10.1. The van der Waals surface area contributed by atoms with Crippen molar-refractivity contribution in [3.63, 3.8) is 0 Å². The summed E-state index contributed by atoms with van der Waals surface area (Å²) in [6.07, 6.45) is 3.60. The van der Waals surface area contributed by atoms with Gasteiger partial charge in [0.2, 0.25) is 5.89 Å². The third-order valence-corrected chi connectivity index (χ3v) is 3.23. The highest BCUT2D eigenvalue weighted by molar-refractivity contribution is 5.29. The summed E-state index contributed by atoms with van der Waals surface area (Å²) in [5.74, 6) is 2.02. The Morgan fingerprint density at radius 1 is 1.33 bits per heavy atom. The van der Waals surface area contributed by atoms with Gasteiger partial charge in [0, 0.05) is 19.6 Å². The van der Waals surface area contributed by atoms with Crippen molar-refractivity contribution in [3.05, 3.63) is 5.89 Å². The van der Waals surface area contributed by atoms with Gasteiger partial charge in [-0.05, 0) is 31.0 Å². The van der Waals surface area contributed by atoms with E-state index in [1.165, 1.54) is 12.8 Å². The Morgan fingerprint density at radius 3 is 2.93 bits per heavy atom. The monoisotopic (exact) mass is 208 g/mol. The molecule has 3 heterocycles. The molecule has 0 radical (unpaired) electrons. The Balaban J connectivity index is 1.74. The number of rotatable bonds is 2. The second-order valence-corrected chi connectivity index (χ2v) is 4.32. The molecule has 0 saturated carbocycles. The summed E-state index contributed by atoms with van der Waals surface area (Å²) < 4.78 is 5.32. The van der Waals surface area contributed by atoms with Crippen molar-refractivity contribution in [2.75, 3.05) is 31.1 Å². The van der Waals surface area contributed by atoms with E-state index in [0.717, 1.165) is 44.4 Å². The van der Waals surface area contributed by atoms with Gasteiger partial charge in [0.1, 0.15) is 0 Å². The van der Waals surface area contributed by atoms with Crippen LogP contribution in [0, 0.1) is 0 Å². The maximum absolute atomic E-state index is 5.32. The van der Waals surface area contributed by atoms with Gasteiger partial charge in [-0.3, -0.25) is 0 Å². The summed E-state index contributed by atoms with van der Waals surface area (Å²) in [5, 5.41) is 7.36. The summed E-state index contributed by atoms with van der Waals surface area (Å²) in [6.45, 7) is 4.18. The lowest BCUT2D eigenvalue weighted by molar-refractivity contribution is 0.358. The molecule has 5 heteroatoms. The summed E-state index contributed by atoms with van der Waals surface area (Å²) in [4.78, 5) is 6.69. The minimum Gasteiger partial charge on any atom is -0.338 e. The lowest BCUT2D eigenvalue weighted by Crippen LogP contribution is -2.19. The van der Waals surface area contributed by atoms with E-state index >= 15 is 0 Å². The Morgan fingerprint density at radius 2 is 2.20 bits per heavy atom. The van der Waals surface area contributed by atoms with Crippen molar-refractivity contribution in [1.29, 1.82) is 0 Å². The van der Waals surface area contributed by atoms with Crippen LogP contribution < -0.4 is 10.2 Å². The van der Waals surface area contributed by atoms with E-state index < -0.39 is 0 Å². The fraction of sp³-hybridized carbons (Fsp3) is 0.800. The molecule has 0 spiro atoms. The lowest BCUT2D eigenvalue weighted by atomic mass is 10.1. The average molecular weight is 208 g/mol. The highest BCUT2D eigenvalue weighted by Gasteiger charge is 2.25. The second kappa shape index (κ2) is 3.81. The molecule has 0 amide bonds. The molecule has 1 atom stereocenters. The first kappa shape index (κ1) is 9.15. The number of hydrogen-bond acceptors (Lipinski definition) is 5. The van der Waals surface area contributed by atoms with E-state index in [1.54, 1.807) is 0 Å². The van der Waals surface area contributed by atoms with Crippen molar-refractivity contribution < 1.29 is 4.52 Å². The van der Waals surface area contributed by atoms with Crippen LogP contribution >= 0.6 is 0 Å². The summed E-state index contributed by atoms with van der Waals surface area (Å²) in [6, 6.07) is 0. The molecule has 15 heavy (non-hydrogen) atoms. The zero-order valence-corrected chi connectivity index (χ0v) is 8.78. The molecule has 82 valence electrons. The molecule has 5 nitrogen and oxygen atoms in total. The van der Waals surface area contributed by atoms with Crippen LogP contribution in [0.1, 0.15) is 31.1 Å². The molecule has 2 fully saturated rings. The number of nitrogens with one attached hydrogen (secondary N) is 1. The highest BCUT2D eigenvalue weighted by Crippen LogP contribution is 2.23. The minimum atomic E-state index is 0.425. The van der Waals surface area contributed by atoms with E-state index in [2.05, 4.69) is 20.4 Å². The van der Waals surface area contributed by atoms with Crippen LogP contribution in [0.25, 0.3) is 0 Å². The maximum atomic E-state index is 5.32. The van der Waals surface area contributed by atoms with Crippen molar-refractivity contribution in [2.24, 2.45) is 0 Å². The Kier molecular flexibility index (Phi) is 2.32. The highest BCUT2D eigenvalue weighted by atomic mass is 16.5. The first-order valence-electron chi connectivity index (χ1n) is 5.73. The van der Waals surface area contributed by atoms with E-state index in [1.807, 2.05) is 0 Å². The van der Waals surface area contributed by atoms with Gasteiger partial charge in [-0.15, -0.1) is 0 Å². The molecule has 1 unspecified atom stereocenters. The zero-order valence-electron chi connectivity index (χ0n) is 8.78. The van der Waals surface area contributed by atoms with Gasteiger partial charge in [-0.1, -0.05) is 0 Å². The Labute approximate surface area is 88.8 Å². The second-order valence-electron chi connectivity index (χ2n) is 4.32. The van der Waals surface area contributed by atoms with Gasteiger partial charge in [-0.2, -0.15) is 4.98 Å². The minimum absolute atomic E-state index is 0.425. The maximum Gasteiger partial charge on any atom is 0.266 e. The summed E-state index contributed by atoms with van der Waals surface area (Å²) in [5.41, 5.74) is 0. The van der Waals surface area contributed by atoms with Crippen LogP contribution in [-0.2, 0) is 0 Å². The SMILES string of the molecule is C1CCN(c2noc(C3CCNC3)n2)C1. The molecule has 0 aliphatic carbocycles. The van der Waals surface area contributed by atoms with E-state index in [9.17, 15) is 0 Å². The molecule has 1 N–H and O–H groups in total. The largest absolute Gasteiger partial charge is 0.338 e. The normalized spacial score (nSPS) is 26.4. The van der Waals surface area contributed by atoms with Crippen molar-refractivity contribution >= 4 is 5.95 Å². The summed E-state index contributed by atoms with van der Waals surface area (Å²) >= 11 is 0. The van der Waals surface area contributed by atoms with Gasteiger partial charge < -0.3 is 14.7 Å². The fourth-order valence-corrected chi connectivity index (χ4v) is 2.30. The lowest BCUT2D eigenvalue weighted by Gasteiger charge is -2.09. The number of hydrogen-bond donors (Lipinski definition) is 1. The van der Waals surface area contributed by atoms with Crippen LogP contribution in [0.2, 0.25) is 0 Å². The summed E-state index contributed by atoms with van der Waals surface area (Å²) in [7, 11) is 0. The van der Waals surface area contributed by atoms with Crippen LogP contribution in [0.5, 0.6) is 0 Å². The average Bonchev–Trinajstić information content (AvgIpc) is 3.02. The third-order valence-electron chi connectivity index (χ3n) is 3.23. The van der Waals surface area contributed by atoms with Crippen LogP contribution in [-0.4, -0.2) is 36.3 Å². The smallest absolute Gasteiger partial charge is 0.266 e. The van der Waals surface area contributed by atoms with E-state index in [4.69, 9.17) is 4.52 Å². The molecule has 2 aliphatic rings. The molecule has 2 aliphatic heterocycles. The topological polar surface area (TPSA) is 54.2 Å². The molecule has 3 rings (SSSR count). The molecule has 0 aromatic carbocycles. The molecule has 1 aromatic heterocycles. The van der Waals surface area contributed by atoms with Crippen LogP contribution in [0.4, 0.5) is 5.95 Å². The predicted molar refractivity (Wildman–Crippen MR) is 56.0 cm³/mol. The third kappa shape index (κ3) is 1.71. The molecule has 2 saturated heterocycles. The Hall–Kier alpha value is -1.10. The number of anilines is 1. The van der Waals surface area contributed by atoms with Crippen molar-refractivity contribution in [3.8, 4) is 0 Å². The van der Waals surface area contributed by atoms with Crippen LogP contribution in [0.3, 0.4) is 0 Å². The van der Waals surface area contributed by atoms with Gasteiger partial charge in [0.25, 0.3) is 5.95 Å². The Bertz CT molecular complexity index is 295. The quantitative estimate of drug-likeness (QED) is 0.777. The molecule has 0 bridgehead atoms. The predicted octanol–water partition coefficient (Wildman–Crippen LogP) is 0.747. The fourth-order valence-electron chi connectivity index (χ4n) is 2.30. The molecular formula is C10H16N4O. The standard InChI is InChI=1S/C10H16N4O/c1-2-6-14(5-1)10-12-9(15-13-10)8-3-4-11-7-8/h8,11H,1-7H2. The first-order chi connectivity index (χ1) is 7.43. The first-order valence-corrected chi connectivity index (χ1v) is 5.73.